The fraction of sp³-hybridized carbons (Fsp3) is 0.474. The number of ether oxygens (including phenoxy) is 1. The van der Waals surface area contributed by atoms with Gasteiger partial charge in [0, 0.05) is 18.3 Å². The lowest BCUT2D eigenvalue weighted by Gasteiger charge is -2.19. The summed E-state index contributed by atoms with van der Waals surface area (Å²) in [5.41, 5.74) is 4.05. The molecule has 2 N–H and O–H groups in total. The summed E-state index contributed by atoms with van der Waals surface area (Å²) in [5.74, 6) is 0.809. The third-order valence-corrected chi connectivity index (χ3v) is 4.36. The van der Waals surface area contributed by atoms with E-state index in [1.807, 2.05) is 70.6 Å². The van der Waals surface area contributed by atoms with Crippen LogP contribution in [0.25, 0.3) is 0 Å². The normalized spacial score (nSPS) is 13.2. The van der Waals surface area contributed by atoms with Gasteiger partial charge in [-0.25, -0.2) is 4.79 Å². The van der Waals surface area contributed by atoms with Gasteiger partial charge in [0.1, 0.15) is 5.75 Å². The standard InChI is InChI=1S/C19H28N4O2/c1-7-25-17-10-8-9-16(11-17)12(2)20-19(24)21-13(3)18-14(4)22-23(6)15(18)5/h8-13H,7H2,1-6H3,(H2,20,21,24)/t12-,13+/m1/s1. The molecule has 0 aliphatic rings. The maximum atomic E-state index is 12.4. The van der Waals surface area contributed by atoms with Crippen LogP contribution >= 0.6 is 0 Å². The van der Waals surface area contributed by atoms with E-state index in [-0.39, 0.29) is 18.1 Å². The lowest BCUT2D eigenvalue weighted by atomic mass is 10.1. The first kappa shape index (κ1) is 18.8. The Hall–Kier alpha value is -2.50. The summed E-state index contributed by atoms with van der Waals surface area (Å²) in [6.45, 7) is 10.5. The molecule has 0 saturated carbocycles. The van der Waals surface area contributed by atoms with Gasteiger partial charge in [0.15, 0.2) is 0 Å². The van der Waals surface area contributed by atoms with Crippen LogP contribution < -0.4 is 15.4 Å². The third kappa shape index (κ3) is 4.53. The molecule has 0 aliphatic carbocycles. The monoisotopic (exact) mass is 344 g/mol. The number of nitrogens with one attached hydrogen (secondary N) is 2. The quantitative estimate of drug-likeness (QED) is 0.842. The van der Waals surface area contributed by atoms with Crippen molar-refractivity contribution in [2.45, 2.75) is 46.7 Å². The molecule has 0 bridgehead atoms. The Balaban J connectivity index is 2.00. The average Bonchev–Trinajstić information content (AvgIpc) is 2.80. The second-order valence-corrected chi connectivity index (χ2v) is 6.27. The topological polar surface area (TPSA) is 68.2 Å². The Morgan fingerprint density at radius 1 is 1.24 bits per heavy atom. The highest BCUT2D eigenvalue weighted by Gasteiger charge is 2.19. The Kier molecular flexibility index (Phi) is 6.07. The predicted octanol–water partition coefficient (Wildman–Crippen LogP) is 3.56. The van der Waals surface area contributed by atoms with E-state index in [2.05, 4.69) is 15.7 Å². The van der Waals surface area contributed by atoms with Gasteiger partial charge in [-0.1, -0.05) is 12.1 Å². The van der Waals surface area contributed by atoms with E-state index in [0.717, 1.165) is 28.3 Å². The van der Waals surface area contributed by atoms with Crippen molar-refractivity contribution in [1.82, 2.24) is 20.4 Å². The third-order valence-electron chi connectivity index (χ3n) is 4.36. The van der Waals surface area contributed by atoms with Gasteiger partial charge >= 0.3 is 6.03 Å². The van der Waals surface area contributed by atoms with Crippen molar-refractivity contribution >= 4 is 6.03 Å². The van der Waals surface area contributed by atoms with Crippen LogP contribution in [0.5, 0.6) is 5.75 Å². The number of nitrogens with zero attached hydrogens (tertiary/aromatic N) is 2. The number of aromatic nitrogens is 2. The molecule has 1 aromatic heterocycles. The highest BCUT2D eigenvalue weighted by Crippen LogP contribution is 2.21. The molecule has 6 nitrogen and oxygen atoms in total. The van der Waals surface area contributed by atoms with Crippen molar-refractivity contribution in [1.29, 1.82) is 0 Å². The number of carbonyl (C=O) groups excluding carboxylic acids is 1. The number of amides is 2. The highest BCUT2D eigenvalue weighted by atomic mass is 16.5. The maximum absolute atomic E-state index is 12.4. The first-order chi connectivity index (χ1) is 11.8. The maximum Gasteiger partial charge on any atom is 0.315 e. The summed E-state index contributed by atoms with van der Waals surface area (Å²) in [5, 5.41) is 10.4. The van der Waals surface area contributed by atoms with E-state index in [9.17, 15) is 4.79 Å². The molecule has 0 fully saturated rings. The molecule has 1 aromatic carbocycles. The van der Waals surface area contributed by atoms with Crippen LogP contribution in [0, 0.1) is 13.8 Å². The van der Waals surface area contributed by atoms with Gasteiger partial charge in [-0.05, 0) is 52.3 Å². The molecule has 2 amide bonds. The molecule has 1 heterocycles. The van der Waals surface area contributed by atoms with Gasteiger partial charge in [-0.15, -0.1) is 0 Å². The van der Waals surface area contributed by atoms with Crippen LogP contribution in [0.3, 0.4) is 0 Å². The molecule has 2 aromatic rings. The summed E-state index contributed by atoms with van der Waals surface area (Å²) < 4.78 is 7.35. The van der Waals surface area contributed by atoms with Gasteiger partial charge in [0.25, 0.3) is 0 Å². The van der Waals surface area contributed by atoms with Crippen molar-refractivity contribution in [2.24, 2.45) is 7.05 Å². The van der Waals surface area contributed by atoms with E-state index in [1.54, 1.807) is 0 Å². The van der Waals surface area contributed by atoms with Crippen LogP contribution in [0.15, 0.2) is 24.3 Å². The van der Waals surface area contributed by atoms with Gasteiger partial charge in [0.05, 0.1) is 24.4 Å². The molecule has 25 heavy (non-hydrogen) atoms. The Labute approximate surface area is 149 Å². The highest BCUT2D eigenvalue weighted by molar-refractivity contribution is 5.75. The second-order valence-electron chi connectivity index (χ2n) is 6.27. The number of aryl methyl sites for hydroxylation is 2. The Morgan fingerprint density at radius 2 is 1.92 bits per heavy atom. The molecule has 0 spiro atoms. The summed E-state index contributed by atoms with van der Waals surface area (Å²) in [4.78, 5) is 12.4. The van der Waals surface area contributed by atoms with E-state index >= 15 is 0 Å². The summed E-state index contributed by atoms with van der Waals surface area (Å²) >= 11 is 0. The van der Waals surface area contributed by atoms with Gasteiger partial charge in [0.2, 0.25) is 0 Å². The first-order valence-corrected chi connectivity index (χ1v) is 8.63. The van der Waals surface area contributed by atoms with Crippen LogP contribution in [-0.4, -0.2) is 22.4 Å². The van der Waals surface area contributed by atoms with E-state index in [4.69, 9.17) is 4.74 Å². The SMILES string of the molecule is CCOc1cccc([C@@H](C)NC(=O)N[C@@H](C)c2c(C)nn(C)c2C)c1. The van der Waals surface area contributed by atoms with E-state index in [0.29, 0.717) is 6.61 Å². The second kappa shape index (κ2) is 8.05. The van der Waals surface area contributed by atoms with Crippen molar-refractivity contribution in [3.05, 3.63) is 46.8 Å². The molecule has 0 radical (unpaired) electrons. The zero-order valence-electron chi connectivity index (χ0n) is 15.9. The fourth-order valence-corrected chi connectivity index (χ4v) is 3.05. The summed E-state index contributed by atoms with van der Waals surface area (Å²) in [7, 11) is 1.91. The number of rotatable bonds is 6. The van der Waals surface area contributed by atoms with Crippen molar-refractivity contribution < 1.29 is 9.53 Å². The zero-order valence-corrected chi connectivity index (χ0v) is 15.9. The summed E-state index contributed by atoms with van der Waals surface area (Å²) in [6.07, 6.45) is 0. The molecule has 136 valence electrons. The molecule has 6 heteroatoms. The van der Waals surface area contributed by atoms with Crippen LogP contribution in [0.1, 0.15) is 55.4 Å². The molecule has 0 saturated heterocycles. The zero-order chi connectivity index (χ0) is 18.6. The smallest absolute Gasteiger partial charge is 0.315 e. The minimum Gasteiger partial charge on any atom is -0.494 e. The van der Waals surface area contributed by atoms with Crippen molar-refractivity contribution in [3.63, 3.8) is 0 Å². The minimum absolute atomic E-state index is 0.115. The van der Waals surface area contributed by atoms with E-state index < -0.39 is 0 Å². The van der Waals surface area contributed by atoms with Gasteiger partial charge in [-0.3, -0.25) is 4.68 Å². The number of urea groups is 1. The van der Waals surface area contributed by atoms with Crippen LogP contribution in [0.2, 0.25) is 0 Å². The first-order valence-electron chi connectivity index (χ1n) is 8.63. The lowest BCUT2D eigenvalue weighted by molar-refractivity contribution is 0.235. The number of carbonyl (C=O) groups is 1. The molecular weight excluding hydrogens is 316 g/mol. The number of hydrogen-bond donors (Lipinski definition) is 2. The largest absolute Gasteiger partial charge is 0.494 e. The number of hydrogen-bond acceptors (Lipinski definition) is 3. The van der Waals surface area contributed by atoms with Gasteiger partial charge in [-0.2, -0.15) is 5.10 Å². The van der Waals surface area contributed by atoms with Crippen molar-refractivity contribution in [3.8, 4) is 5.75 Å². The molecule has 2 atom stereocenters. The van der Waals surface area contributed by atoms with Gasteiger partial charge < -0.3 is 15.4 Å². The summed E-state index contributed by atoms with van der Waals surface area (Å²) in [6, 6.07) is 7.33. The van der Waals surface area contributed by atoms with Crippen LogP contribution in [-0.2, 0) is 7.05 Å². The fourth-order valence-electron chi connectivity index (χ4n) is 3.05. The number of benzene rings is 1. The van der Waals surface area contributed by atoms with Crippen LogP contribution in [0.4, 0.5) is 4.79 Å². The Morgan fingerprint density at radius 3 is 2.52 bits per heavy atom. The molecular formula is C19H28N4O2. The predicted molar refractivity (Wildman–Crippen MR) is 98.8 cm³/mol. The molecule has 0 unspecified atom stereocenters. The molecule has 0 aliphatic heterocycles. The average molecular weight is 344 g/mol. The minimum atomic E-state index is -0.204. The Bertz CT molecular complexity index is 739. The lowest BCUT2D eigenvalue weighted by Crippen LogP contribution is -2.38. The molecule has 2 rings (SSSR count). The van der Waals surface area contributed by atoms with Crippen molar-refractivity contribution in [2.75, 3.05) is 6.61 Å². The van der Waals surface area contributed by atoms with E-state index in [1.165, 1.54) is 0 Å².